The number of hydrogen-bond donors (Lipinski definition) is 2. The Labute approximate surface area is 177 Å². The van der Waals surface area contributed by atoms with E-state index in [1.807, 2.05) is 0 Å². The summed E-state index contributed by atoms with van der Waals surface area (Å²) in [4.78, 5) is 19.7. The summed E-state index contributed by atoms with van der Waals surface area (Å²) in [6.07, 6.45) is 2.54. The lowest BCUT2D eigenvalue weighted by Crippen LogP contribution is -2.07. The highest BCUT2D eigenvalue weighted by Crippen LogP contribution is 2.29. The maximum Gasteiger partial charge on any atom is 0.247 e. The van der Waals surface area contributed by atoms with Crippen LogP contribution in [0.3, 0.4) is 0 Å². The van der Waals surface area contributed by atoms with Gasteiger partial charge in [-0.25, -0.2) is 14.8 Å². The molecule has 9 heteroatoms. The Morgan fingerprint density at radius 1 is 1.27 bits per heavy atom. The van der Waals surface area contributed by atoms with Crippen LogP contribution in [0, 0.1) is 5.82 Å². The van der Waals surface area contributed by atoms with E-state index in [2.05, 4.69) is 32.4 Å². The first-order valence-corrected chi connectivity index (χ1v) is 9.12. The van der Waals surface area contributed by atoms with Crippen molar-refractivity contribution in [1.82, 2.24) is 9.97 Å². The summed E-state index contributed by atoms with van der Waals surface area (Å²) >= 11 is 6.13. The average molecular weight is 426 g/mol. The third-order valence-corrected chi connectivity index (χ3v) is 4.06. The van der Waals surface area contributed by atoms with E-state index >= 15 is 0 Å². The number of amides is 1. The number of carbonyl (C=O) groups excluding carboxylic acids is 1. The molecule has 0 spiro atoms. The molecular formula is C21H17ClFN5O2. The lowest BCUT2D eigenvalue weighted by atomic mass is 10.1. The quantitative estimate of drug-likeness (QED) is 0.315. The Morgan fingerprint density at radius 3 is 2.77 bits per heavy atom. The van der Waals surface area contributed by atoms with Crippen molar-refractivity contribution in [2.75, 3.05) is 10.7 Å². The van der Waals surface area contributed by atoms with Gasteiger partial charge in [0.15, 0.2) is 0 Å². The van der Waals surface area contributed by atoms with Crippen LogP contribution in [-0.2, 0) is 4.79 Å². The number of nitrogens with one attached hydrogen (secondary N) is 2. The van der Waals surface area contributed by atoms with Crippen LogP contribution >= 0.6 is 11.6 Å². The van der Waals surface area contributed by atoms with Crippen molar-refractivity contribution >= 4 is 34.9 Å². The first kappa shape index (κ1) is 20.9. The molecule has 0 aliphatic rings. The number of anilines is 2. The number of rotatable bonds is 7. The maximum atomic E-state index is 13.0. The molecule has 2 N–H and O–H groups in total. The van der Waals surface area contributed by atoms with Crippen LogP contribution in [-0.4, -0.2) is 21.6 Å². The molecule has 152 valence electrons. The van der Waals surface area contributed by atoms with Gasteiger partial charge in [-0.3, -0.25) is 4.79 Å². The van der Waals surface area contributed by atoms with E-state index in [4.69, 9.17) is 16.3 Å². The smallest absolute Gasteiger partial charge is 0.247 e. The zero-order valence-corrected chi connectivity index (χ0v) is 16.7. The largest absolute Gasteiger partial charge is 0.437 e. The van der Waals surface area contributed by atoms with Gasteiger partial charge in [-0.2, -0.15) is 10.1 Å². The van der Waals surface area contributed by atoms with E-state index in [-0.39, 0.29) is 28.6 Å². The molecule has 30 heavy (non-hydrogen) atoms. The molecule has 0 aliphatic carbocycles. The van der Waals surface area contributed by atoms with Gasteiger partial charge in [0.25, 0.3) is 0 Å². The molecule has 1 amide bonds. The van der Waals surface area contributed by atoms with E-state index in [0.717, 1.165) is 5.56 Å². The zero-order chi connectivity index (χ0) is 21.5. The van der Waals surface area contributed by atoms with Crippen LogP contribution in [0.2, 0.25) is 5.02 Å². The predicted molar refractivity (Wildman–Crippen MR) is 115 cm³/mol. The number of ether oxygens (including phenoxy) is 1. The van der Waals surface area contributed by atoms with Crippen LogP contribution in [0.5, 0.6) is 11.6 Å². The second-order valence-electron chi connectivity index (χ2n) is 5.99. The van der Waals surface area contributed by atoms with Crippen molar-refractivity contribution in [3.8, 4) is 11.6 Å². The summed E-state index contributed by atoms with van der Waals surface area (Å²) in [5, 5.41) is 7.03. The zero-order valence-electron chi connectivity index (χ0n) is 15.9. The third-order valence-electron chi connectivity index (χ3n) is 3.80. The molecule has 0 radical (unpaired) electrons. The first-order chi connectivity index (χ1) is 14.4. The molecular weight excluding hydrogens is 409 g/mol. The van der Waals surface area contributed by atoms with E-state index in [1.54, 1.807) is 43.3 Å². The van der Waals surface area contributed by atoms with Crippen molar-refractivity contribution in [1.29, 1.82) is 0 Å². The molecule has 0 saturated carbocycles. The van der Waals surface area contributed by atoms with Gasteiger partial charge in [0.2, 0.25) is 17.7 Å². The van der Waals surface area contributed by atoms with Crippen molar-refractivity contribution in [2.24, 2.45) is 5.10 Å². The molecule has 7 nitrogen and oxygen atoms in total. The van der Waals surface area contributed by atoms with Gasteiger partial charge in [0.05, 0.1) is 11.9 Å². The average Bonchev–Trinajstić information content (AvgIpc) is 2.74. The van der Waals surface area contributed by atoms with E-state index in [0.29, 0.717) is 17.1 Å². The Hall–Kier alpha value is -3.78. The SMILES string of the molecule is C=CC(=O)Nc1cccc(Oc2nc(N/N=C(\C)c3ccc(F)cc3)ncc2Cl)c1. The van der Waals surface area contributed by atoms with Crippen LogP contribution in [0.25, 0.3) is 0 Å². The Bertz CT molecular complexity index is 1100. The molecule has 0 fully saturated rings. The summed E-state index contributed by atoms with van der Waals surface area (Å²) in [6, 6.07) is 12.6. The summed E-state index contributed by atoms with van der Waals surface area (Å²) in [6.45, 7) is 5.17. The summed E-state index contributed by atoms with van der Waals surface area (Å²) in [5.41, 5.74) is 4.61. The highest BCUT2D eigenvalue weighted by molar-refractivity contribution is 6.31. The van der Waals surface area contributed by atoms with E-state index in [1.165, 1.54) is 24.4 Å². The van der Waals surface area contributed by atoms with Crippen molar-refractivity contribution in [3.05, 3.63) is 83.8 Å². The van der Waals surface area contributed by atoms with Gasteiger partial charge in [-0.1, -0.05) is 36.4 Å². The summed E-state index contributed by atoms with van der Waals surface area (Å²) in [7, 11) is 0. The Morgan fingerprint density at radius 2 is 2.03 bits per heavy atom. The highest BCUT2D eigenvalue weighted by atomic mass is 35.5. The van der Waals surface area contributed by atoms with Crippen LogP contribution in [0.15, 0.2) is 72.5 Å². The standard InChI is InChI=1S/C21H17ClFN5O2/c1-3-19(29)25-16-5-4-6-17(11-16)30-20-18(22)12-24-21(26-20)28-27-13(2)14-7-9-15(23)10-8-14/h3-12H,1H2,2H3,(H,25,29)(H,24,26,28)/b27-13+. The molecule has 2 aromatic carbocycles. The number of carbonyl (C=O) groups is 1. The number of hydrogen-bond acceptors (Lipinski definition) is 6. The van der Waals surface area contributed by atoms with Crippen LogP contribution in [0.1, 0.15) is 12.5 Å². The maximum absolute atomic E-state index is 13.0. The van der Waals surface area contributed by atoms with E-state index in [9.17, 15) is 9.18 Å². The van der Waals surface area contributed by atoms with Gasteiger partial charge in [0.1, 0.15) is 16.6 Å². The summed E-state index contributed by atoms with van der Waals surface area (Å²) in [5.74, 6) is 0.0148. The number of hydrazone groups is 1. The number of halogens is 2. The van der Waals surface area contributed by atoms with Crippen LogP contribution < -0.4 is 15.5 Å². The van der Waals surface area contributed by atoms with Crippen LogP contribution in [0.4, 0.5) is 16.0 Å². The predicted octanol–water partition coefficient (Wildman–Crippen LogP) is 5.02. The Kier molecular flexibility index (Phi) is 6.71. The molecule has 0 unspecified atom stereocenters. The number of aromatic nitrogens is 2. The monoisotopic (exact) mass is 425 g/mol. The lowest BCUT2D eigenvalue weighted by molar-refractivity contribution is -0.111. The van der Waals surface area contributed by atoms with Gasteiger partial charge in [0, 0.05) is 11.8 Å². The molecule has 3 aromatic rings. The van der Waals surface area contributed by atoms with Crippen molar-refractivity contribution in [2.45, 2.75) is 6.92 Å². The summed E-state index contributed by atoms with van der Waals surface area (Å²) < 4.78 is 18.8. The number of nitrogens with zero attached hydrogens (tertiary/aromatic N) is 3. The topological polar surface area (TPSA) is 88.5 Å². The fourth-order valence-electron chi connectivity index (χ4n) is 2.31. The normalized spacial score (nSPS) is 11.0. The van der Waals surface area contributed by atoms with Crippen molar-refractivity contribution in [3.63, 3.8) is 0 Å². The van der Waals surface area contributed by atoms with E-state index < -0.39 is 0 Å². The van der Waals surface area contributed by atoms with Gasteiger partial charge in [-0.05, 0) is 42.8 Å². The minimum Gasteiger partial charge on any atom is -0.437 e. The molecule has 3 rings (SSSR count). The van der Waals surface area contributed by atoms with Gasteiger partial charge in [-0.15, -0.1) is 0 Å². The lowest BCUT2D eigenvalue weighted by Gasteiger charge is -2.09. The second kappa shape index (κ2) is 9.62. The van der Waals surface area contributed by atoms with Gasteiger partial charge >= 0.3 is 0 Å². The minimum atomic E-state index is -0.340. The van der Waals surface area contributed by atoms with Gasteiger partial charge < -0.3 is 10.1 Å². The fourth-order valence-corrected chi connectivity index (χ4v) is 2.44. The molecule has 1 heterocycles. The highest BCUT2D eigenvalue weighted by Gasteiger charge is 2.09. The molecule has 0 bridgehead atoms. The fraction of sp³-hybridized carbons (Fsp3) is 0.0476. The molecule has 1 aromatic heterocycles. The van der Waals surface area contributed by atoms with Crippen molar-refractivity contribution < 1.29 is 13.9 Å². The molecule has 0 atom stereocenters. The third kappa shape index (κ3) is 5.62. The Balaban J connectivity index is 1.74. The minimum absolute atomic E-state index is 0.107. The molecule has 0 aliphatic heterocycles. The molecule has 0 saturated heterocycles. The number of benzene rings is 2. The second-order valence-corrected chi connectivity index (χ2v) is 6.39. The first-order valence-electron chi connectivity index (χ1n) is 8.74.